The first-order chi connectivity index (χ1) is 9.86. The molecular formula is C13H23IN4O3S. The molecule has 0 aliphatic carbocycles. The van der Waals surface area contributed by atoms with Gasteiger partial charge in [0.05, 0.1) is 11.5 Å². The van der Waals surface area contributed by atoms with Crippen LogP contribution in [0.5, 0.6) is 0 Å². The van der Waals surface area contributed by atoms with Gasteiger partial charge in [-0.25, -0.2) is 13.6 Å². The zero-order valence-electron chi connectivity index (χ0n) is 12.9. The monoisotopic (exact) mass is 442 g/mol. The van der Waals surface area contributed by atoms with Crippen LogP contribution in [-0.2, 0) is 21.3 Å². The second-order valence-electron chi connectivity index (χ2n) is 4.62. The lowest BCUT2D eigenvalue weighted by molar-refractivity contribution is 0.179. The molecular weight excluding hydrogens is 419 g/mol. The zero-order valence-corrected chi connectivity index (χ0v) is 16.0. The molecule has 0 bridgehead atoms. The summed E-state index contributed by atoms with van der Waals surface area (Å²) >= 11 is 0. The van der Waals surface area contributed by atoms with Crippen LogP contribution in [0.15, 0.2) is 34.2 Å². The Morgan fingerprint density at radius 3 is 2.68 bits per heavy atom. The van der Waals surface area contributed by atoms with Crippen LogP contribution in [0.4, 0.5) is 0 Å². The van der Waals surface area contributed by atoms with Crippen molar-refractivity contribution in [3.63, 3.8) is 0 Å². The Kier molecular flexibility index (Phi) is 9.56. The predicted molar refractivity (Wildman–Crippen MR) is 97.9 cm³/mol. The van der Waals surface area contributed by atoms with Gasteiger partial charge in [0.25, 0.3) is 0 Å². The topological polar surface area (TPSA) is 106 Å². The maximum absolute atomic E-state index is 11.3. The fourth-order valence-electron chi connectivity index (χ4n) is 1.74. The number of nitrogens with one attached hydrogen (secondary N) is 2. The Labute approximate surface area is 148 Å². The van der Waals surface area contributed by atoms with E-state index in [9.17, 15) is 8.42 Å². The molecule has 0 fully saturated rings. The van der Waals surface area contributed by atoms with Crippen molar-refractivity contribution < 1.29 is 13.2 Å². The first-order valence-electron chi connectivity index (χ1n) is 6.44. The number of primary sulfonamides is 1. The average Bonchev–Trinajstić information content (AvgIpc) is 2.43. The molecule has 4 N–H and O–H groups in total. The Morgan fingerprint density at radius 2 is 2.14 bits per heavy atom. The van der Waals surface area contributed by atoms with Crippen molar-refractivity contribution in [3.05, 3.63) is 29.8 Å². The summed E-state index contributed by atoms with van der Waals surface area (Å²) < 4.78 is 27.6. The van der Waals surface area contributed by atoms with E-state index in [0.717, 1.165) is 5.56 Å². The van der Waals surface area contributed by atoms with Gasteiger partial charge in [-0.3, -0.25) is 4.99 Å². The van der Waals surface area contributed by atoms with E-state index in [-0.39, 0.29) is 34.9 Å². The fourth-order valence-corrected chi connectivity index (χ4v) is 2.32. The maximum atomic E-state index is 11.3. The van der Waals surface area contributed by atoms with Crippen LogP contribution in [-0.4, -0.2) is 41.2 Å². The van der Waals surface area contributed by atoms with E-state index in [1.165, 1.54) is 12.1 Å². The van der Waals surface area contributed by atoms with E-state index in [1.54, 1.807) is 20.2 Å². The highest BCUT2D eigenvalue weighted by atomic mass is 127. The SMILES string of the molecule is CN=C(NCc1cccc(S(N)(=O)=O)c1)NC(C)COC.I. The molecule has 0 amide bonds. The molecule has 1 aromatic rings. The molecule has 7 nitrogen and oxygen atoms in total. The van der Waals surface area contributed by atoms with Crippen molar-refractivity contribution in [1.29, 1.82) is 0 Å². The van der Waals surface area contributed by atoms with Crippen molar-refractivity contribution in [2.45, 2.75) is 24.4 Å². The number of sulfonamides is 1. The van der Waals surface area contributed by atoms with Crippen LogP contribution in [0.2, 0.25) is 0 Å². The minimum Gasteiger partial charge on any atom is -0.383 e. The van der Waals surface area contributed by atoms with Crippen molar-refractivity contribution in [2.24, 2.45) is 10.1 Å². The van der Waals surface area contributed by atoms with Gasteiger partial charge in [-0.1, -0.05) is 12.1 Å². The van der Waals surface area contributed by atoms with Crippen molar-refractivity contribution >= 4 is 40.0 Å². The van der Waals surface area contributed by atoms with E-state index in [2.05, 4.69) is 15.6 Å². The van der Waals surface area contributed by atoms with Crippen LogP contribution in [0.3, 0.4) is 0 Å². The van der Waals surface area contributed by atoms with Crippen LogP contribution >= 0.6 is 24.0 Å². The maximum Gasteiger partial charge on any atom is 0.238 e. The van der Waals surface area contributed by atoms with Crippen LogP contribution < -0.4 is 15.8 Å². The van der Waals surface area contributed by atoms with Crippen LogP contribution in [0.25, 0.3) is 0 Å². The summed E-state index contributed by atoms with van der Waals surface area (Å²) in [4.78, 5) is 4.19. The minimum absolute atomic E-state index is 0. The third-order valence-electron chi connectivity index (χ3n) is 2.71. The van der Waals surface area contributed by atoms with Crippen molar-refractivity contribution in [1.82, 2.24) is 10.6 Å². The van der Waals surface area contributed by atoms with Crippen molar-refractivity contribution in [2.75, 3.05) is 20.8 Å². The summed E-state index contributed by atoms with van der Waals surface area (Å²) in [6, 6.07) is 6.58. The summed E-state index contributed by atoms with van der Waals surface area (Å²) in [6.45, 7) is 2.96. The number of rotatable bonds is 6. The van der Waals surface area contributed by atoms with Gasteiger partial charge >= 0.3 is 0 Å². The second kappa shape index (κ2) is 9.98. The van der Waals surface area contributed by atoms with E-state index < -0.39 is 10.0 Å². The van der Waals surface area contributed by atoms with E-state index in [0.29, 0.717) is 19.1 Å². The number of hydrogen-bond acceptors (Lipinski definition) is 4. The molecule has 1 atom stereocenters. The van der Waals surface area contributed by atoms with Crippen LogP contribution in [0.1, 0.15) is 12.5 Å². The van der Waals surface area contributed by atoms with Gasteiger partial charge in [-0.2, -0.15) is 0 Å². The lowest BCUT2D eigenvalue weighted by Gasteiger charge is -2.17. The number of nitrogens with zero attached hydrogens (tertiary/aromatic N) is 1. The highest BCUT2D eigenvalue weighted by molar-refractivity contribution is 14.0. The molecule has 1 unspecified atom stereocenters. The molecule has 0 spiro atoms. The molecule has 126 valence electrons. The fraction of sp³-hybridized carbons (Fsp3) is 0.462. The second-order valence-corrected chi connectivity index (χ2v) is 6.18. The molecule has 0 aliphatic heterocycles. The number of guanidine groups is 1. The Bertz CT molecular complexity index is 593. The molecule has 1 rings (SSSR count). The largest absolute Gasteiger partial charge is 0.383 e. The highest BCUT2D eigenvalue weighted by Gasteiger charge is 2.08. The summed E-state index contributed by atoms with van der Waals surface area (Å²) in [5.41, 5.74) is 0.795. The van der Waals surface area contributed by atoms with Gasteiger partial charge in [0.2, 0.25) is 10.0 Å². The smallest absolute Gasteiger partial charge is 0.238 e. The third-order valence-corrected chi connectivity index (χ3v) is 3.62. The number of benzene rings is 1. The standard InChI is InChI=1S/C13H22N4O3S.HI/c1-10(9-20-3)17-13(15-2)16-8-11-5-4-6-12(7-11)21(14,18)19;/h4-7,10H,8-9H2,1-3H3,(H2,14,18,19)(H2,15,16,17);1H. The average molecular weight is 442 g/mol. The molecule has 9 heteroatoms. The van der Waals surface area contributed by atoms with Gasteiger partial charge in [0, 0.05) is 26.7 Å². The van der Waals surface area contributed by atoms with E-state index in [4.69, 9.17) is 9.88 Å². The molecule has 1 aromatic carbocycles. The van der Waals surface area contributed by atoms with Crippen LogP contribution in [0, 0.1) is 0 Å². The molecule has 0 saturated carbocycles. The summed E-state index contributed by atoms with van der Waals surface area (Å²) in [6.07, 6.45) is 0. The molecule has 0 radical (unpaired) electrons. The molecule has 0 aliphatic rings. The first kappa shape index (κ1) is 21.1. The number of methoxy groups -OCH3 is 1. The predicted octanol–water partition coefficient (Wildman–Crippen LogP) is 0.652. The third kappa shape index (κ3) is 7.38. The van der Waals surface area contributed by atoms with Gasteiger partial charge in [-0.05, 0) is 24.6 Å². The minimum atomic E-state index is -3.69. The molecule has 22 heavy (non-hydrogen) atoms. The lowest BCUT2D eigenvalue weighted by Crippen LogP contribution is -2.43. The Balaban J connectivity index is 0.00000441. The summed E-state index contributed by atoms with van der Waals surface area (Å²) in [7, 11) is -0.392. The number of halogens is 1. The van der Waals surface area contributed by atoms with E-state index in [1.807, 2.05) is 13.0 Å². The van der Waals surface area contributed by atoms with Gasteiger partial charge in [-0.15, -0.1) is 24.0 Å². The summed E-state index contributed by atoms with van der Waals surface area (Å²) in [5.74, 6) is 0.612. The number of hydrogen-bond donors (Lipinski definition) is 3. The normalized spacial score (nSPS) is 13.2. The van der Waals surface area contributed by atoms with Gasteiger partial charge in [0.15, 0.2) is 5.96 Å². The number of ether oxygens (including phenoxy) is 1. The summed E-state index contributed by atoms with van der Waals surface area (Å²) in [5, 5.41) is 11.4. The highest BCUT2D eigenvalue weighted by Crippen LogP contribution is 2.09. The molecule has 0 saturated heterocycles. The van der Waals surface area contributed by atoms with Gasteiger partial charge in [0.1, 0.15) is 0 Å². The molecule has 0 heterocycles. The van der Waals surface area contributed by atoms with E-state index >= 15 is 0 Å². The molecule has 0 aromatic heterocycles. The Morgan fingerprint density at radius 1 is 1.45 bits per heavy atom. The number of aliphatic imine (C=N–C) groups is 1. The Hall–Kier alpha value is -0.910. The zero-order chi connectivity index (χ0) is 15.9. The van der Waals surface area contributed by atoms with Gasteiger partial charge < -0.3 is 15.4 Å². The lowest BCUT2D eigenvalue weighted by atomic mass is 10.2. The quantitative estimate of drug-likeness (QED) is 0.341. The number of nitrogens with two attached hydrogens (primary N) is 1. The van der Waals surface area contributed by atoms with Crippen molar-refractivity contribution in [3.8, 4) is 0 Å². The first-order valence-corrected chi connectivity index (χ1v) is 7.99.